The predicted molar refractivity (Wildman–Crippen MR) is 172 cm³/mol. The van der Waals surface area contributed by atoms with E-state index in [1.807, 2.05) is 74.5 Å². The van der Waals surface area contributed by atoms with E-state index in [1.165, 1.54) is 35.2 Å². The molecule has 10 heteroatoms. The number of carbonyl (C=O) groups is 2. The summed E-state index contributed by atoms with van der Waals surface area (Å²) in [5, 5.41) is 3.29. The average Bonchev–Trinajstić information content (AvgIpc) is 3.00. The van der Waals surface area contributed by atoms with E-state index in [-0.39, 0.29) is 45.5 Å². The fourth-order valence-corrected chi connectivity index (χ4v) is 6.51. The first-order valence-corrected chi connectivity index (χ1v) is 16.0. The summed E-state index contributed by atoms with van der Waals surface area (Å²) in [7, 11) is -4.28. The molecule has 0 saturated carbocycles. The highest BCUT2D eigenvalue weighted by molar-refractivity contribution is 7.92. The van der Waals surface area contributed by atoms with Gasteiger partial charge in [0, 0.05) is 24.0 Å². The Morgan fingerprint density at radius 1 is 0.791 bits per heavy atom. The molecule has 1 N–H and O–H groups in total. The molecule has 0 heterocycles. The zero-order valence-electron chi connectivity index (χ0n) is 23.9. The summed E-state index contributed by atoms with van der Waals surface area (Å²) in [6.07, 6.45) is 0.224. The smallest absolute Gasteiger partial charge is 0.264 e. The summed E-state index contributed by atoms with van der Waals surface area (Å²) in [5.74, 6) is -0.930. The third-order valence-corrected chi connectivity index (χ3v) is 9.01. The number of carbonyl (C=O) groups excluding carboxylic acids is 2. The van der Waals surface area contributed by atoms with E-state index >= 15 is 0 Å². The van der Waals surface area contributed by atoms with Crippen LogP contribution in [0, 0.1) is 0 Å². The highest BCUT2D eigenvalue weighted by Gasteiger charge is 2.35. The molecule has 0 aliphatic carbocycles. The van der Waals surface area contributed by atoms with Gasteiger partial charge in [0.05, 0.1) is 15.6 Å². The van der Waals surface area contributed by atoms with Crippen LogP contribution in [0.4, 0.5) is 5.69 Å². The largest absolute Gasteiger partial charge is 0.352 e. The normalized spacial score (nSPS) is 12.0. The van der Waals surface area contributed by atoms with Gasteiger partial charge in [-0.1, -0.05) is 102 Å². The maximum Gasteiger partial charge on any atom is 0.264 e. The van der Waals surface area contributed by atoms with Gasteiger partial charge in [-0.2, -0.15) is 0 Å². The maximum absolute atomic E-state index is 14.4. The van der Waals surface area contributed by atoms with Gasteiger partial charge in [-0.05, 0) is 55.3 Å². The van der Waals surface area contributed by atoms with E-state index in [4.69, 9.17) is 23.2 Å². The predicted octanol–water partition coefficient (Wildman–Crippen LogP) is 6.35. The SMILES string of the molecule is CC(C)NC(=O)[C@H](Cc1ccccc1)N(Cc1ccccc1)C(=O)CN(c1cc(Cl)ccc1Cl)S(=O)(=O)c1ccccc1. The molecule has 4 aromatic rings. The standard InChI is InChI=1S/C33H33Cl2N3O4S/c1-24(2)36-33(40)31(20-25-12-6-3-7-13-25)37(22-26-14-8-4-9-15-26)32(39)23-38(30-21-27(34)18-19-29(30)35)43(41,42)28-16-10-5-11-17-28/h3-19,21,24,31H,20,22-23H2,1-2H3,(H,36,40)/t31-/m0/s1. The number of nitrogens with one attached hydrogen (secondary N) is 1. The minimum atomic E-state index is -4.28. The molecule has 43 heavy (non-hydrogen) atoms. The van der Waals surface area contributed by atoms with Crippen LogP contribution in [0.15, 0.2) is 114 Å². The topological polar surface area (TPSA) is 86.8 Å². The Hall–Kier alpha value is -3.85. The minimum Gasteiger partial charge on any atom is -0.352 e. The van der Waals surface area contributed by atoms with Gasteiger partial charge < -0.3 is 10.2 Å². The molecule has 0 saturated heterocycles. The molecule has 2 amide bonds. The summed E-state index contributed by atoms with van der Waals surface area (Å²) in [6, 6.07) is 29.7. The van der Waals surface area contributed by atoms with E-state index in [9.17, 15) is 18.0 Å². The molecule has 0 bridgehead atoms. The molecule has 0 fully saturated rings. The third kappa shape index (κ3) is 8.38. The third-order valence-electron chi connectivity index (χ3n) is 6.68. The van der Waals surface area contributed by atoms with Crippen molar-refractivity contribution in [1.29, 1.82) is 0 Å². The van der Waals surface area contributed by atoms with Crippen molar-refractivity contribution in [2.45, 2.75) is 43.8 Å². The molecule has 224 valence electrons. The molecule has 0 aliphatic rings. The molecule has 1 atom stereocenters. The van der Waals surface area contributed by atoms with E-state index < -0.39 is 28.5 Å². The molecule has 0 radical (unpaired) electrons. The lowest BCUT2D eigenvalue weighted by Gasteiger charge is -2.34. The molecular weight excluding hydrogens is 605 g/mol. The van der Waals surface area contributed by atoms with Crippen LogP contribution in [-0.4, -0.2) is 43.8 Å². The molecule has 0 spiro atoms. The minimum absolute atomic E-state index is 0.0214. The summed E-state index contributed by atoms with van der Waals surface area (Å²) in [4.78, 5) is 29.5. The van der Waals surface area contributed by atoms with Gasteiger partial charge in [0.25, 0.3) is 10.0 Å². The molecule has 0 unspecified atom stereocenters. The summed E-state index contributed by atoms with van der Waals surface area (Å²) in [5.41, 5.74) is 1.69. The van der Waals surface area contributed by atoms with Crippen molar-refractivity contribution < 1.29 is 18.0 Å². The highest BCUT2D eigenvalue weighted by atomic mass is 35.5. The van der Waals surface area contributed by atoms with Crippen LogP contribution in [-0.2, 0) is 32.6 Å². The van der Waals surface area contributed by atoms with E-state index in [0.29, 0.717) is 0 Å². The monoisotopic (exact) mass is 637 g/mol. The fourth-order valence-electron chi connectivity index (χ4n) is 4.62. The van der Waals surface area contributed by atoms with Gasteiger partial charge in [-0.3, -0.25) is 13.9 Å². The number of hydrogen-bond donors (Lipinski definition) is 1. The zero-order chi connectivity index (χ0) is 31.0. The zero-order valence-corrected chi connectivity index (χ0v) is 26.2. The van der Waals surface area contributed by atoms with Crippen molar-refractivity contribution in [2.24, 2.45) is 0 Å². The van der Waals surface area contributed by atoms with Gasteiger partial charge >= 0.3 is 0 Å². The lowest BCUT2D eigenvalue weighted by Crippen LogP contribution is -2.54. The van der Waals surface area contributed by atoms with Crippen molar-refractivity contribution in [2.75, 3.05) is 10.8 Å². The molecule has 4 aromatic carbocycles. The van der Waals surface area contributed by atoms with E-state index in [2.05, 4.69) is 5.32 Å². The van der Waals surface area contributed by atoms with Crippen LogP contribution in [0.25, 0.3) is 0 Å². The second kappa shape index (κ2) is 14.6. The second-order valence-electron chi connectivity index (χ2n) is 10.3. The highest BCUT2D eigenvalue weighted by Crippen LogP contribution is 2.33. The van der Waals surface area contributed by atoms with Crippen molar-refractivity contribution in [3.63, 3.8) is 0 Å². The average molecular weight is 639 g/mol. The Kier molecular flexibility index (Phi) is 10.9. The number of halogens is 2. The quantitative estimate of drug-likeness (QED) is 0.196. The van der Waals surface area contributed by atoms with Crippen molar-refractivity contribution in [3.8, 4) is 0 Å². The van der Waals surface area contributed by atoms with Crippen molar-refractivity contribution in [1.82, 2.24) is 10.2 Å². The van der Waals surface area contributed by atoms with Crippen molar-refractivity contribution >= 4 is 50.7 Å². The van der Waals surface area contributed by atoms with Gasteiger partial charge in [0.15, 0.2) is 0 Å². The van der Waals surface area contributed by atoms with Crippen LogP contribution in [0.2, 0.25) is 10.0 Å². The van der Waals surface area contributed by atoms with Crippen LogP contribution in [0.5, 0.6) is 0 Å². The first kappa shape index (κ1) is 32.1. The van der Waals surface area contributed by atoms with Crippen LogP contribution in [0.3, 0.4) is 0 Å². The van der Waals surface area contributed by atoms with Gasteiger partial charge in [0.1, 0.15) is 12.6 Å². The van der Waals surface area contributed by atoms with Gasteiger partial charge in [-0.15, -0.1) is 0 Å². The van der Waals surface area contributed by atoms with Crippen LogP contribution < -0.4 is 9.62 Å². The van der Waals surface area contributed by atoms with E-state index in [0.717, 1.165) is 15.4 Å². The molecule has 0 aliphatic heterocycles. The van der Waals surface area contributed by atoms with Crippen molar-refractivity contribution in [3.05, 3.63) is 130 Å². The van der Waals surface area contributed by atoms with Crippen LogP contribution in [0.1, 0.15) is 25.0 Å². The number of anilines is 1. The summed E-state index contributed by atoms with van der Waals surface area (Å²) < 4.78 is 29.0. The Bertz CT molecular complexity index is 1640. The molecule has 0 aromatic heterocycles. The number of benzene rings is 4. The molecular formula is C33H33Cl2N3O4S. The number of amides is 2. The Labute approximate surface area is 263 Å². The molecule has 4 rings (SSSR count). The Morgan fingerprint density at radius 3 is 1.93 bits per heavy atom. The summed E-state index contributed by atoms with van der Waals surface area (Å²) in [6.45, 7) is 3.14. The Morgan fingerprint density at radius 2 is 1.35 bits per heavy atom. The second-order valence-corrected chi connectivity index (χ2v) is 13.0. The van der Waals surface area contributed by atoms with Gasteiger partial charge in [-0.25, -0.2) is 8.42 Å². The first-order chi connectivity index (χ1) is 20.6. The fraction of sp³-hybridized carbons (Fsp3) is 0.212. The first-order valence-electron chi connectivity index (χ1n) is 13.8. The number of sulfonamides is 1. The lowest BCUT2D eigenvalue weighted by atomic mass is 10.0. The number of hydrogen-bond acceptors (Lipinski definition) is 4. The number of nitrogens with zero attached hydrogens (tertiary/aromatic N) is 2. The van der Waals surface area contributed by atoms with Crippen LogP contribution >= 0.6 is 23.2 Å². The lowest BCUT2D eigenvalue weighted by molar-refractivity contribution is -0.140. The van der Waals surface area contributed by atoms with Gasteiger partial charge in [0.2, 0.25) is 11.8 Å². The van der Waals surface area contributed by atoms with E-state index in [1.54, 1.807) is 18.2 Å². The summed E-state index contributed by atoms with van der Waals surface area (Å²) >= 11 is 12.8. The Balaban J connectivity index is 1.81. The maximum atomic E-state index is 14.4. The molecule has 7 nitrogen and oxygen atoms in total. The number of rotatable bonds is 12.